The molecule has 0 bridgehead atoms. The van der Waals surface area contributed by atoms with Crippen molar-refractivity contribution in [3.8, 4) is 0 Å². The van der Waals surface area contributed by atoms with Crippen molar-refractivity contribution in [1.82, 2.24) is 0 Å². The fraction of sp³-hybridized carbons (Fsp3) is 0.655. The molecule has 32 heavy (non-hydrogen) atoms. The second-order valence-electron chi connectivity index (χ2n) is 11.5. The van der Waals surface area contributed by atoms with E-state index in [0.29, 0.717) is 23.7 Å². The van der Waals surface area contributed by atoms with Crippen LogP contribution in [0.15, 0.2) is 48.1 Å². The quantitative estimate of drug-likeness (QED) is 0.597. The van der Waals surface area contributed by atoms with Crippen LogP contribution < -0.4 is 4.90 Å². The van der Waals surface area contributed by atoms with Gasteiger partial charge in [0.2, 0.25) is 0 Å². The Morgan fingerprint density at radius 1 is 1.09 bits per heavy atom. The summed E-state index contributed by atoms with van der Waals surface area (Å²) in [6.45, 7) is 2.36. The van der Waals surface area contributed by atoms with Crippen LogP contribution in [0.2, 0.25) is 0 Å². The zero-order valence-electron chi connectivity index (χ0n) is 20.1. The van der Waals surface area contributed by atoms with Gasteiger partial charge in [-0.3, -0.25) is 0 Å². The lowest BCUT2D eigenvalue weighted by atomic mass is 9.46. The third kappa shape index (κ3) is 3.39. The molecule has 3 fully saturated rings. The molecule has 3 nitrogen and oxygen atoms in total. The van der Waals surface area contributed by atoms with Gasteiger partial charge in [0.05, 0.1) is 12.2 Å². The van der Waals surface area contributed by atoms with Gasteiger partial charge in [0.1, 0.15) is 0 Å². The Morgan fingerprint density at radius 3 is 2.59 bits per heavy atom. The second kappa shape index (κ2) is 8.33. The number of aliphatic hydroxyl groups is 2. The van der Waals surface area contributed by atoms with Gasteiger partial charge < -0.3 is 15.1 Å². The molecule has 174 valence electrons. The fourth-order valence-electron chi connectivity index (χ4n) is 8.35. The Labute approximate surface area is 194 Å². The van der Waals surface area contributed by atoms with Gasteiger partial charge in [0.15, 0.2) is 0 Å². The number of benzene rings is 1. The summed E-state index contributed by atoms with van der Waals surface area (Å²) in [4.78, 5) is 2.17. The fourth-order valence-corrected chi connectivity index (χ4v) is 8.35. The summed E-state index contributed by atoms with van der Waals surface area (Å²) < 4.78 is 0. The second-order valence-corrected chi connectivity index (χ2v) is 11.5. The standard InChI is InChI=1S/C29H41NO2/c1-28-19-25(21-9-12-22(13-10-21)30(2)3)27-23-8-5-4-7-20(23)11-14-24(27)26(28)15-17-29(28,32)16-6-18-31/h6-7,9-10,12-13,16,23-27,31-32H,4-5,8,11,14-15,17-19H2,1-3H3/b16-6-/t23-,24-,25+,26-,27+,28-,29-/m0/s1. The van der Waals surface area contributed by atoms with Gasteiger partial charge in [-0.25, -0.2) is 0 Å². The predicted octanol–water partition coefficient (Wildman–Crippen LogP) is 5.69. The third-order valence-electron chi connectivity index (χ3n) is 9.93. The number of hydrogen-bond acceptors (Lipinski definition) is 3. The van der Waals surface area contributed by atoms with E-state index in [1.165, 1.54) is 43.4 Å². The molecule has 0 unspecified atom stereocenters. The van der Waals surface area contributed by atoms with Crippen molar-refractivity contribution in [2.24, 2.45) is 29.1 Å². The summed E-state index contributed by atoms with van der Waals surface area (Å²) in [5.41, 5.74) is 3.49. The van der Waals surface area contributed by atoms with Gasteiger partial charge >= 0.3 is 0 Å². The Morgan fingerprint density at radius 2 is 1.88 bits per heavy atom. The average Bonchev–Trinajstić information content (AvgIpc) is 3.07. The molecule has 4 aliphatic carbocycles. The largest absolute Gasteiger partial charge is 0.392 e. The molecule has 0 radical (unpaired) electrons. The maximum absolute atomic E-state index is 11.9. The van der Waals surface area contributed by atoms with E-state index in [0.717, 1.165) is 25.2 Å². The zero-order valence-corrected chi connectivity index (χ0v) is 20.1. The van der Waals surface area contributed by atoms with Gasteiger partial charge in [-0.1, -0.05) is 42.9 Å². The topological polar surface area (TPSA) is 43.7 Å². The van der Waals surface area contributed by atoms with Crippen LogP contribution in [0.25, 0.3) is 0 Å². The molecule has 4 aliphatic rings. The van der Waals surface area contributed by atoms with Gasteiger partial charge in [-0.2, -0.15) is 0 Å². The van der Waals surface area contributed by atoms with E-state index >= 15 is 0 Å². The van der Waals surface area contributed by atoms with Crippen molar-refractivity contribution in [2.75, 3.05) is 25.6 Å². The van der Waals surface area contributed by atoms with Gasteiger partial charge in [-0.05, 0) is 98.7 Å². The molecule has 7 atom stereocenters. The molecular formula is C29H41NO2. The maximum atomic E-state index is 11.9. The third-order valence-corrected chi connectivity index (χ3v) is 9.93. The Balaban J connectivity index is 1.58. The van der Waals surface area contributed by atoms with Crippen molar-refractivity contribution in [3.05, 3.63) is 53.6 Å². The molecule has 0 amide bonds. The maximum Gasteiger partial charge on any atom is 0.0884 e. The van der Waals surface area contributed by atoms with Crippen molar-refractivity contribution in [1.29, 1.82) is 0 Å². The van der Waals surface area contributed by atoms with Crippen molar-refractivity contribution in [3.63, 3.8) is 0 Å². The molecule has 1 aromatic carbocycles. The number of nitrogens with zero attached hydrogens (tertiary/aromatic N) is 1. The van der Waals surface area contributed by atoms with E-state index in [4.69, 9.17) is 0 Å². The molecular weight excluding hydrogens is 394 g/mol. The van der Waals surface area contributed by atoms with Crippen LogP contribution in [0.5, 0.6) is 0 Å². The first-order valence-corrected chi connectivity index (χ1v) is 12.8. The highest BCUT2D eigenvalue weighted by molar-refractivity contribution is 5.47. The number of rotatable bonds is 4. The number of allylic oxidation sites excluding steroid dienone is 2. The van der Waals surface area contributed by atoms with E-state index < -0.39 is 5.60 Å². The Hall–Kier alpha value is -1.58. The molecule has 3 heteroatoms. The highest BCUT2D eigenvalue weighted by Gasteiger charge is 2.63. The molecule has 0 heterocycles. The van der Waals surface area contributed by atoms with E-state index in [1.54, 1.807) is 11.6 Å². The highest BCUT2D eigenvalue weighted by atomic mass is 16.3. The van der Waals surface area contributed by atoms with Crippen LogP contribution in [0.1, 0.15) is 69.8 Å². The van der Waals surface area contributed by atoms with Crippen LogP contribution in [-0.2, 0) is 0 Å². The monoisotopic (exact) mass is 435 g/mol. The first kappa shape index (κ1) is 22.2. The number of aliphatic hydroxyl groups excluding tert-OH is 1. The molecule has 5 rings (SSSR count). The van der Waals surface area contributed by atoms with Crippen LogP contribution >= 0.6 is 0 Å². The SMILES string of the molecule is CN(C)c1ccc([C@H]2C[C@@]3(C)[C@@H](CC[C@@]3(O)/C=C\CO)[C@@H]3CCC4=CCCC[C@@H]4[C@H]32)cc1. The summed E-state index contributed by atoms with van der Waals surface area (Å²) in [7, 11) is 4.20. The highest BCUT2D eigenvalue weighted by Crippen LogP contribution is 2.68. The van der Waals surface area contributed by atoms with E-state index in [1.807, 2.05) is 6.08 Å². The molecule has 0 spiro atoms. The van der Waals surface area contributed by atoms with Crippen molar-refractivity contribution in [2.45, 2.75) is 69.8 Å². The van der Waals surface area contributed by atoms with Crippen molar-refractivity contribution >= 4 is 5.69 Å². The predicted molar refractivity (Wildman–Crippen MR) is 132 cm³/mol. The first-order valence-electron chi connectivity index (χ1n) is 12.8. The number of fused-ring (bicyclic) bond motifs is 5. The minimum atomic E-state index is -0.810. The van der Waals surface area contributed by atoms with Crippen molar-refractivity contribution < 1.29 is 10.2 Å². The number of hydrogen-bond donors (Lipinski definition) is 2. The van der Waals surface area contributed by atoms with Crippen LogP contribution in [0.3, 0.4) is 0 Å². The zero-order chi connectivity index (χ0) is 22.5. The van der Waals surface area contributed by atoms with Gasteiger partial charge in [-0.15, -0.1) is 0 Å². The number of anilines is 1. The summed E-state index contributed by atoms with van der Waals surface area (Å²) in [6, 6.07) is 9.26. The molecule has 3 saturated carbocycles. The molecule has 0 aromatic heterocycles. The summed E-state index contributed by atoms with van der Waals surface area (Å²) >= 11 is 0. The summed E-state index contributed by atoms with van der Waals surface area (Å²) in [5.74, 6) is 3.16. The first-order chi connectivity index (χ1) is 15.4. The molecule has 1 aromatic rings. The van der Waals surface area contributed by atoms with Crippen LogP contribution in [0.4, 0.5) is 5.69 Å². The Bertz CT molecular complexity index is 887. The molecule has 0 aliphatic heterocycles. The minimum Gasteiger partial charge on any atom is -0.392 e. The average molecular weight is 436 g/mol. The van der Waals surface area contributed by atoms with E-state index in [9.17, 15) is 10.2 Å². The molecule has 0 saturated heterocycles. The normalized spacial score (nSPS) is 41.0. The summed E-state index contributed by atoms with van der Waals surface area (Å²) in [6.07, 6.45) is 15.7. The van der Waals surface area contributed by atoms with Gasteiger partial charge in [0.25, 0.3) is 0 Å². The lowest BCUT2D eigenvalue weighted by Crippen LogP contribution is -2.54. The minimum absolute atomic E-state index is 0.000759. The Kier molecular flexibility index (Phi) is 5.78. The summed E-state index contributed by atoms with van der Waals surface area (Å²) in [5, 5.41) is 21.3. The van der Waals surface area contributed by atoms with Crippen LogP contribution in [-0.4, -0.2) is 36.5 Å². The molecule has 2 N–H and O–H groups in total. The van der Waals surface area contributed by atoms with Gasteiger partial charge in [0, 0.05) is 25.2 Å². The van der Waals surface area contributed by atoms with E-state index in [2.05, 4.69) is 56.3 Å². The lowest BCUT2D eigenvalue weighted by molar-refractivity contribution is -0.100. The lowest BCUT2D eigenvalue weighted by Gasteiger charge is -2.58. The van der Waals surface area contributed by atoms with Crippen LogP contribution in [0, 0.1) is 29.1 Å². The van der Waals surface area contributed by atoms with E-state index in [-0.39, 0.29) is 12.0 Å². The smallest absolute Gasteiger partial charge is 0.0884 e.